The third-order valence-electron chi connectivity index (χ3n) is 5.14. The van der Waals surface area contributed by atoms with Crippen LogP contribution in [0.4, 0.5) is 11.5 Å². The van der Waals surface area contributed by atoms with Crippen LogP contribution in [0.25, 0.3) is 5.52 Å². The molecule has 0 aliphatic carbocycles. The number of aromatic nitrogens is 2. The number of rotatable bonds is 7. The fraction of sp³-hybridized carbons (Fsp3) is 0.611. The van der Waals surface area contributed by atoms with E-state index in [1.54, 1.807) is 0 Å². The largest absolute Gasteiger partial charge is 1.00 e. The van der Waals surface area contributed by atoms with E-state index in [1.165, 1.54) is 62.6 Å². The van der Waals surface area contributed by atoms with E-state index in [0.717, 1.165) is 23.6 Å². The first-order valence-corrected chi connectivity index (χ1v) is 8.98. The molecule has 3 rings (SSSR count). The Kier molecular flexibility index (Phi) is 8.83. The molecule has 0 unspecified atom stereocenters. The average Bonchev–Trinajstić information content (AvgIpc) is 2.88. The highest BCUT2D eigenvalue weighted by atomic mass is 35.5. The first kappa shape index (κ1) is 21.9. The number of nitrogens with two attached hydrogens (primary N) is 1. The maximum atomic E-state index is 6.15. The van der Waals surface area contributed by atoms with E-state index in [9.17, 15) is 0 Å². The maximum absolute atomic E-state index is 6.15. The van der Waals surface area contributed by atoms with Crippen LogP contribution in [0.5, 0.6) is 0 Å². The second-order valence-electron chi connectivity index (χ2n) is 7.13. The van der Waals surface area contributed by atoms with Gasteiger partial charge in [0.2, 0.25) is 0 Å². The van der Waals surface area contributed by atoms with Gasteiger partial charge in [0.05, 0.1) is 32.2 Å². The lowest BCUT2D eigenvalue weighted by atomic mass is 10.1. The van der Waals surface area contributed by atoms with Crippen LogP contribution in [-0.2, 0) is 0 Å². The minimum atomic E-state index is 0. The Hall–Kier alpha value is -1.17. The highest BCUT2D eigenvalue weighted by molar-refractivity contribution is 5.85. The molecular weight excluding hydrogens is 357 g/mol. The van der Waals surface area contributed by atoms with Crippen molar-refractivity contribution in [2.45, 2.75) is 38.5 Å². The van der Waals surface area contributed by atoms with Crippen molar-refractivity contribution in [3.05, 3.63) is 24.4 Å². The monoisotopic (exact) mass is 387 g/mol. The summed E-state index contributed by atoms with van der Waals surface area (Å²) in [6.07, 6.45) is 9.94. The highest BCUT2D eigenvalue weighted by Crippen LogP contribution is 2.22. The van der Waals surface area contributed by atoms with Crippen molar-refractivity contribution in [3.63, 3.8) is 0 Å². The number of nitrogens with zero attached hydrogens (tertiary/aromatic N) is 3. The third kappa shape index (κ3) is 5.66. The molecule has 0 amide bonds. The maximum Gasteiger partial charge on any atom is 0.172 e. The third-order valence-corrected chi connectivity index (χ3v) is 5.14. The zero-order valence-corrected chi connectivity index (χ0v) is 16.7. The molecule has 7 heteroatoms. The van der Waals surface area contributed by atoms with Crippen LogP contribution < -0.4 is 23.5 Å². The predicted octanol–water partition coefficient (Wildman–Crippen LogP) is 0.555. The van der Waals surface area contributed by atoms with Gasteiger partial charge in [-0.05, 0) is 50.7 Å². The number of likely N-dealkylation sites (tertiary alicyclic amines) is 1. The van der Waals surface area contributed by atoms with Crippen molar-refractivity contribution in [2.24, 2.45) is 0 Å². The zero-order chi connectivity index (χ0) is 16.1. The summed E-state index contributed by atoms with van der Waals surface area (Å²) in [5, 5.41) is 7.88. The number of unbranched alkanes of at least 4 members (excludes halogenated alkanes) is 2. The van der Waals surface area contributed by atoms with Crippen molar-refractivity contribution in [1.82, 2.24) is 9.61 Å². The van der Waals surface area contributed by atoms with Crippen LogP contribution in [0.15, 0.2) is 24.4 Å². The summed E-state index contributed by atoms with van der Waals surface area (Å²) in [4.78, 5) is 0. The van der Waals surface area contributed by atoms with Crippen molar-refractivity contribution in [3.8, 4) is 0 Å². The first-order chi connectivity index (χ1) is 11.2. The molecule has 3 N–H and O–H groups in total. The number of anilines is 2. The molecule has 0 aromatic carbocycles. The molecule has 2 aromatic heterocycles. The summed E-state index contributed by atoms with van der Waals surface area (Å²) in [6, 6.07) is 5.95. The molecule has 25 heavy (non-hydrogen) atoms. The molecule has 0 bridgehead atoms. The molecule has 1 aliphatic rings. The van der Waals surface area contributed by atoms with Gasteiger partial charge in [0, 0.05) is 12.7 Å². The van der Waals surface area contributed by atoms with Crippen molar-refractivity contribution in [2.75, 3.05) is 44.3 Å². The van der Waals surface area contributed by atoms with Crippen LogP contribution in [0.1, 0.15) is 38.5 Å². The predicted molar refractivity (Wildman–Crippen MR) is 104 cm³/mol. The Morgan fingerprint density at radius 2 is 1.92 bits per heavy atom. The lowest BCUT2D eigenvalue weighted by Gasteiger charge is -2.37. The number of nitrogen functional groups attached to an aromatic ring is 1. The summed E-state index contributed by atoms with van der Waals surface area (Å²) in [5.41, 5.74) is 7.86. The molecule has 0 saturated carbocycles. The quantitative estimate of drug-likeness (QED) is 0.538. The minimum Gasteiger partial charge on any atom is -1.00 e. The van der Waals surface area contributed by atoms with E-state index >= 15 is 0 Å². The topological polar surface area (TPSA) is 55.4 Å². The van der Waals surface area contributed by atoms with Gasteiger partial charge in [-0.1, -0.05) is 6.07 Å². The standard InChI is InChI=1S/C18H30N5.2ClH/c1-23(14-8-3-9-15-23)13-7-2-5-11-20-18-17(19)16-10-4-6-12-22(16)21-18;;/h4,6,10,12H,2-3,5,7-9,11,13-15,19H2,1H3,(H,20,21);2*1H/q+1;;/p-1. The number of quaternary nitrogens is 1. The van der Waals surface area contributed by atoms with Gasteiger partial charge in [-0.25, -0.2) is 4.52 Å². The summed E-state index contributed by atoms with van der Waals surface area (Å²) in [7, 11) is 2.43. The van der Waals surface area contributed by atoms with E-state index in [4.69, 9.17) is 5.73 Å². The Labute approximate surface area is 163 Å². The summed E-state index contributed by atoms with van der Waals surface area (Å²) in [6.45, 7) is 5.01. The number of hydrogen-bond donors (Lipinski definition) is 2. The van der Waals surface area contributed by atoms with Crippen LogP contribution in [0, 0.1) is 0 Å². The Balaban J connectivity index is 0.00000156. The fourth-order valence-electron chi connectivity index (χ4n) is 3.65. The van der Waals surface area contributed by atoms with Crippen LogP contribution in [-0.4, -0.2) is 47.3 Å². The number of pyridine rings is 1. The molecule has 1 saturated heterocycles. The average molecular weight is 388 g/mol. The molecule has 1 fully saturated rings. The van der Waals surface area contributed by atoms with Crippen LogP contribution in [0.2, 0.25) is 0 Å². The van der Waals surface area contributed by atoms with E-state index in [2.05, 4.69) is 17.5 Å². The molecule has 5 nitrogen and oxygen atoms in total. The molecule has 0 atom stereocenters. The lowest BCUT2D eigenvalue weighted by Crippen LogP contribution is -3.00. The number of halogens is 2. The van der Waals surface area contributed by atoms with E-state index in [1.807, 2.05) is 28.9 Å². The highest BCUT2D eigenvalue weighted by Gasteiger charge is 2.23. The SMILES string of the molecule is C[N+]1(CCCCCNc2nn3ccccc3c2N)CCCCC1.Cl.[Cl-]. The normalized spacial score (nSPS) is 16.0. The molecule has 0 radical (unpaired) electrons. The molecule has 2 aromatic rings. The van der Waals surface area contributed by atoms with Gasteiger partial charge in [0.15, 0.2) is 5.82 Å². The van der Waals surface area contributed by atoms with Crippen molar-refractivity contribution >= 4 is 29.4 Å². The number of piperidine rings is 1. The Bertz CT molecular complexity index is 637. The smallest absolute Gasteiger partial charge is 0.172 e. The summed E-state index contributed by atoms with van der Waals surface area (Å²) < 4.78 is 3.12. The van der Waals surface area contributed by atoms with Crippen molar-refractivity contribution in [1.29, 1.82) is 0 Å². The second kappa shape index (κ2) is 10.1. The van der Waals surface area contributed by atoms with E-state index in [-0.39, 0.29) is 24.8 Å². The second-order valence-corrected chi connectivity index (χ2v) is 7.13. The molecule has 0 spiro atoms. The van der Waals surface area contributed by atoms with Gasteiger partial charge in [-0.3, -0.25) is 0 Å². The van der Waals surface area contributed by atoms with Crippen LogP contribution in [0.3, 0.4) is 0 Å². The Morgan fingerprint density at radius 1 is 1.16 bits per heavy atom. The minimum absolute atomic E-state index is 0. The van der Waals surface area contributed by atoms with Gasteiger partial charge in [0.1, 0.15) is 5.69 Å². The summed E-state index contributed by atoms with van der Waals surface area (Å²) >= 11 is 0. The van der Waals surface area contributed by atoms with E-state index in [0.29, 0.717) is 0 Å². The lowest BCUT2D eigenvalue weighted by molar-refractivity contribution is -0.914. The number of hydrogen-bond acceptors (Lipinski definition) is 3. The Morgan fingerprint density at radius 3 is 2.64 bits per heavy atom. The van der Waals surface area contributed by atoms with Crippen LogP contribution >= 0.6 is 12.4 Å². The van der Waals surface area contributed by atoms with Gasteiger partial charge in [-0.15, -0.1) is 17.5 Å². The van der Waals surface area contributed by atoms with Crippen molar-refractivity contribution < 1.29 is 16.9 Å². The number of fused-ring (bicyclic) bond motifs is 1. The van der Waals surface area contributed by atoms with Gasteiger partial charge in [0.25, 0.3) is 0 Å². The molecule has 142 valence electrons. The first-order valence-electron chi connectivity index (χ1n) is 8.98. The van der Waals surface area contributed by atoms with Gasteiger partial charge in [-0.2, -0.15) is 0 Å². The molecule has 3 heterocycles. The van der Waals surface area contributed by atoms with Gasteiger partial charge < -0.3 is 27.9 Å². The number of nitrogens with one attached hydrogen (secondary N) is 1. The molecule has 1 aliphatic heterocycles. The zero-order valence-electron chi connectivity index (χ0n) is 15.1. The fourth-order valence-corrected chi connectivity index (χ4v) is 3.65. The van der Waals surface area contributed by atoms with Gasteiger partial charge >= 0.3 is 0 Å². The van der Waals surface area contributed by atoms with E-state index < -0.39 is 0 Å². The molecular formula is C18H31Cl2N5. The summed E-state index contributed by atoms with van der Waals surface area (Å²) in [5.74, 6) is 0.811.